The lowest BCUT2D eigenvalue weighted by Crippen LogP contribution is -2.60. The van der Waals surface area contributed by atoms with Gasteiger partial charge in [0, 0.05) is 6.42 Å². The molecule has 1 aliphatic rings. The molecule has 7 atom stereocenters. The fraction of sp³-hybridized carbons (Fsp3) is 0.812. The van der Waals surface area contributed by atoms with Gasteiger partial charge in [-0.25, -0.2) is 0 Å². The van der Waals surface area contributed by atoms with Gasteiger partial charge < -0.3 is 40.3 Å². The molecule has 332 valence electrons. The van der Waals surface area contributed by atoms with Crippen LogP contribution in [0.3, 0.4) is 0 Å². The molecule has 1 rings (SSSR count). The van der Waals surface area contributed by atoms with Gasteiger partial charge in [-0.2, -0.15) is 0 Å². The number of hydrogen-bond acceptors (Lipinski definition) is 8. The molecule has 1 saturated heterocycles. The SMILES string of the molecule is CCCCCCCC/C=C/CC/C=C/CC/C=C/C(O)C(COC1OC(CO)C(O)C(O)C1O)NC(=O)CCCCCCCCC/C=C\CCCCCCCCC. The topological polar surface area (TPSA) is 149 Å². The van der Waals surface area contributed by atoms with Crippen LogP contribution in [-0.2, 0) is 14.3 Å². The van der Waals surface area contributed by atoms with Gasteiger partial charge in [0.25, 0.3) is 0 Å². The van der Waals surface area contributed by atoms with Gasteiger partial charge in [0.05, 0.1) is 25.4 Å². The molecular weight excluding hydrogens is 719 g/mol. The molecule has 0 aromatic carbocycles. The number of ether oxygens (including phenoxy) is 2. The smallest absolute Gasteiger partial charge is 0.220 e. The quantitative estimate of drug-likeness (QED) is 0.0267. The normalized spacial score (nSPS) is 21.4. The molecule has 7 unspecified atom stereocenters. The summed E-state index contributed by atoms with van der Waals surface area (Å²) in [6.45, 7) is 3.73. The fourth-order valence-electron chi connectivity index (χ4n) is 7.06. The van der Waals surface area contributed by atoms with E-state index in [0.29, 0.717) is 6.42 Å². The lowest BCUT2D eigenvalue weighted by Gasteiger charge is -2.40. The highest BCUT2D eigenvalue weighted by molar-refractivity contribution is 5.76. The van der Waals surface area contributed by atoms with Gasteiger partial charge in [-0.05, 0) is 70.6 Å². The highest BCUT2D eigenvalue weighted by Gasteiger charge is 2.44. The Labute approximate surface area is 348 Å². The molecule has 0 spiro atoms. The predicted octanol–water partition coefficient (Wildman–Crippen LogP) is 9.84. The third-order valence-electron chi connectivity index (χ3n) is 10.9. The summed E-state index contributed by atoms with van der Waals surface area (Å²) in [6.07, 6.45) is 41.5. The van der Waals surface area contributed by atoms with Gasteiger partial charge >= 0.3 is 0 Å². The Hall–Kier alpha value is -1.85. The Bertz CT molecular complexity index is 1030. The third-order valence-corrected chi connectivity index (χ3v) is 10.9. The van der Waals surface area contributed by atoms with Crippen molar-refractivity contribution in [1.29, 1.82) is 0 Å². The maximum atomic E-state index is 13.0. The summed E-state index contributed by atoms with van der Waals surface area (Å²) >= 11 is 0. The van der Waals surface area contributed by atoms with Crippen LogP contribution in [0.25, 0.3) is 0 Å². The summed E-state index contributed by atoms with van der Waals surface area (Å²) in [6, 6.07) is -0.829. The van der Waals surface area contributed by atoms with Crippen molar-refractivity contribution in [2.75, 3.05) is 13.2 Å². The van der Waals surface area contributed by atoms with E-state index in [9.17, 15) is 30.3 Å². The van der Waals surface area contributed by atoms with Crippen molar-refractivity contribution in [2.24, 2.45) is 0 Å². The number of unbranched alkanes of at least 4 members (excludes halogenated alkanes) is 22. The van der Waals surface area contributed by atoms with E-state index in [2.05, 4.69) is 55.6 Å². The molecule has 9 heteroatoms. The van der Waals surface area contributed by atoms with Crippen molar-refractivity contribution in [3.63, 3.8) is 0 Å². The van der Waals surface area contributed by atoms with Crippen molar-refractivity contribution < 1.29 is 39.8 Å². The summed E-state index contributed by atoms with van der Waals surface area (Å²) < 4.78 is 11.2. The second-order valence-electron chi connectivity index (χ2n) is 16.2. The van der Waals surface area contributed by atoms with E-state index in [1.807, 2.05) is 6.08 Å². The monoisotopic (exact) mass is 806 g/mol. The highest BCUT2D eigenvalue weighted by atomic mass is 16.7. The van der Waals surface area contributed by atoms with Gasteiger partial charge in [-0.3, -0.25) is 4.79 Å². The van der Waals surface area contributed by atoms with Crippen LogP contribution < -0.4 is 5.32 Å². The molecular formula is C48H87NO8. The van der Waals surface area contributed by atoms with Gasteiger partial charge in [0.2, 0.25) is 5.91 Å². The van der Waals surface area contributed by atoms with Gasteiger partial charge in [-0.15, -0.1) is 0 Å². The van der Waals surface area contributed by atoms with Crippen LogP contribution in [0, 0.1) is 0 Å². The Morgan fingerprint density at radius 2 is 1.00 bits per heavy atom. The van der Waals surface area contributed by atoms with E-state index in [-0.39, 0.29) is 12.5 Å². The molecule has 1 heterocycles. The zero-order valence-corrected chi connectivity index (χ0v) is 36.3. The zero-order valence-electron chi connectivity index (χ0n) is 36.3. The molecule has 0 aromatic rings. The van der Waals surface area contributed by atoms with Crippen LogP contribution in [0.2, 0.25) is 0 Å². The number of aliphatic hydroxyl groups excluding tert-OH is 5. The Morgan fingerprint density at radius 3 is 1.47 bits per heavy atom. The number of hydrogen-bond donors (Lipinski definition) is 6. The van der Waals surface area contributed by atoms with E-state index >= 15 is 0 Å². The number of carbonyl (C=O) groups is 1. The van der Waals surface area contributed by atoms with Crippen molar-refractivity contribution in [1.82, 2.24) is 5.32 Å². The second-order valence-corrected chi connectivity index (χ2v) is 16.2. The molecule has 0 radical (unpaired) electrons. The van der Waals surface area contributed by atoms with Crippen molar-refractivity contribution in [3.8, 4) is 0 Å². The minimum absolute atomic E-state index is 0.197. The van der Waals surface area contributed by atoms with E-state index in [1.54, 1.807) is 6.08 Å². The van der Waals surface area contributed by atoms with Crippen LogP contribution in [-0.4, -0.2) is 87.5 Å². The molecule has 6 N–H and O–H groups in total. The number of carbonyl (C=O) groups excluding carboxylic acids is 1. The number of aliphatic hydroxyl groups is 5. The molecule has 1 amide bonds. The third kappa shape index (κ3) is 29.1. The Balaban J connectivity index is 2.39. The molecule has 9 nitrogen and oxygen atoms in total. The number of amides is 1. The highest BCUT2D eigenvalue weighted by Crippen LogP contribution is 2.22. The van der Waals surface area contributed by atoms with Gasteiger partial charge in [0.15, 0.2) is 6.29 Å². The average Bonchev–Trinajstić information content (AvgIpc) is 3.21. The molecule has 0 saturated carbocycles. The second kappa shape index (κ2) is 38.4. The lowest BCUT2D eigenvalue weighted by atomic mass is 9.99. The predicted molar refractivity (Wildman–Crippen MR) is 235 cm³/mol. The first-order valence-electron chi connectivity index (χ1n) is 23.4. The number of rotatable bonds is 38. The number of allylic oxidation sites excluding steroid dienone is 7. The Kier molecular flexibility index (Phi) is 35.8. The van der Waals surface area contributed by atoms with Crippen molar-refractivity contribution in [3.05, 3.63) is 48.6 Å². The summed E-state index contributed by atoms with van der Waals surface area (Å²) in [5, 5.41) is 54.2. The van der Waals surface area contributed by atoms with Crippen LogP contribution in [0.1, 0.15) is 194 Å². The molecule has 0 aliphatic carbocycles. The van der Waals surface area contributed by atoms with Crippen LogP contribution in [0.15, 0.2) is 48.6 Å². The largest absolute Gasteiger partial charge is 0.394 e. The summed E-state index contributed by atoms with van der Waals surface area (Å²) in [5.74, 6) is -0.197. The standard InChI is InChI=1S/C48H87NO8/c1-3-5-7-9-11-13-15-17-19-21-22-24-26-28-30-32-34-36-38-44(52)49-41(40-56-48-47(55)46(54)45(53)43(39-50)57-48)42(51)37-35-33-31-29-27-25-23-20-18-16-14-12-10-8-6-4-2/h18-21,27,29,35,37,41-43,45-48,50-51,53-55H,3-17,22-26,28,30-34,36,38-40H2,1-2H3,(H,49,52)/b20-18+,21-19-,29-27+,37-35+. The number of nitrogens with one attached hydrogen (secondary N) is 1. The first-order chi connectivity index (χ1) is 27.8. The van der Waals surface area contributed by atoms with Crippen molar-refractivity contribution in [2.45, 2.75) is 236 Å². The van der Waals surface area contributed by atoms with E-state index in [0.717, 1.165) is 64.2 Å². The Morgan fingerprint density at radius 1 is 0.579 bits per heavy atom. The summed E-state index contributed by atoms with van der Waals surface area (Å²) in [7, 11) is 0. The minimum Gasteiger partial charge on any atom is -0.394 e. The van der Waals surface area contributed by atoms with Gasteiger partial charge in [-0.1, -0.05) is 165 Å². The first-order valence-corrected chi connectivity index (χ1v) is 23.4. The van der Waals surface area contributed by atoms with Crippen LogP contribution >= 0.6 is 0 Å². The summed E-state index contributed by atoms with van der Waals surface area (Å²) in [5.41, 5.74) is 0. The van der Waals surface area contributed by atoms with Gasteiger partial charge in [0.1, 0.15) is 24.4 Å². The van der Waals surface area contributed by atoms with E-state index in [4.69, 9.17) is 9.47 Å². The maximum Gasteiger partial charge on any atom is 0.220 e. The first kappa shape index (κ1) is 53.2. The molecule has 0 aromatic heterocycles. The van der Waals surface area contributed by atoms with E-state index < -0.39 is 49.5 Å². The van der Waals surface area contributed by atoms with Crippen molar-refractivity contribution >= 4 is 5.91 Å². The molecule has 1 aliphatic heterocycles. The maximum absolute atomic E-state index is 13.0. The summed E-state index contributed by atoms with van der Waals surface area (Å²) in [4.78, 5) is 13.0. The average molecular weight is 806 g/mol. The van der Waals surface area contributed by atoms with E-state index in [1.165, 1.54) is 109 Å². The lowest BCUT2D eigenvalue weighted by molar-refractivity contribution is -0.302. The van der Waals surface area contributed by atoms with Crippen LogP contribution in [0.4, 0.5) is 0 Å². The zero-order chi connectivity index (χ0) is 41.6. The van der Waals surface area contributed by atoms with Crippen LogP contribution in [0.5, 0.6) is 0 Å². The fourth-order valence-corrected chi connectivity index (χ4v) is 7.06. The molecule has 57 heavy (non-hydrogen) atoms. The minimum atomic E-state index is -1.57. The molecule has 1 fully saturated rings. The molecule has 0 bridgehead atoms.